The van der Waals surface area contributed by atoms with Gasteiger partial charge < -0.3 is 0 Å². The van der Waals surface area contributed by atoms with Crippen molar-refractivity contribution in [1.82, 2.24) is 24.9 Å². The van der Waals surface area contributed by atoms with Crippen LogP contribution < -0.4 is 0 Å². The highest BCUT2D eigenvalue weighted by atomic mass is 15.0. The Morgan fingerprint density at radius 2 is 0.881 bits per heavy atom. The number of fused-ring (bicyclic) bond motifs is 5. The van der Waals surface area contributed by atoms with Gasteiger partial charge in [0.25, 0.3) is 0 Å². The zero-order valence-corrected chi connectivity index (χ0v) is 22.5. The summed E-state index contributed by atoms with van der Waals surface area (Å²) in [6, 6.07) is 45.0. The Labute approximate surface area is 242 Å². The van der Waals surface area contributed by atoms with Gasteiger partial charge in [0, 0.05) is 44.6 Å². The number of pyridine rings is 2. The molecule has 3 aromatic heterocycles. The van der Waals surface area contributed by atoms with Gasteiger partial charge in [0.15, 0.2) is 17.5 Å². The van der Waals surface area contributed by atoms with Crippen LogP contribution in [-0.2, 0) is 0 Å². The van der Waals surface area contributed by atoms with Gasteiger partial charge in [0.05, 0.1) is 16.7 Å². The summed E-state index contributed by atoms with van der Waals surface area (Å²) in [4.78, 5) is 24.6. The van der Waals surface area contributed by atoms with Gasteiger partial charge in [0.2, 0.25) is 0 Å². The molecule has 0 fully saturated rings. The number of nitrogens with zero attached hydrogens (tertiary/aromatic N) is 5. The first-order valence-corrected chi connectivity index (χ1v) is 13.9. The molecule has 0 unspecified atom stereocenters. The molecule has 8 aromatic rings. The van der Waals surface area contributed by atoms with E-state index in [9.17, 15) is 0 Å². The lowest BCUT2D eigenvalue weighted by atomic mass is 9.99. The van der Waals surface area contributed by atoms with Gasteiger partial charge in [-0.3, -0.25) is 4.98 Å². The standard InChI is InChI=1S/C37H23N5/c1-3-11-25(12-4-1)35-40-36(26-13-5-2-6-14-26)42-37(41-35)27-21-19-24(20-22-27)33-34-32(30-17-9-10-18-31(30)39-33)29-16-8-7-15-28(29)23-38-34/h1-23H. The van der Waals surface area contributed by atoms with Crippen molar-refractivity contribution in [1.29, 1.82) is 0 Å². The summed E-state index contributed by atoms with van der Waals surface area (Å²) in [7, 11) is 0. The van der Waals surface area contributed by atoms with Gasteiger partial charge in [-0.25, -0.2) is 19.9 Å². The summed E-state index contributed by atoms with van der Waals surface area (Å²) < 4.78 is 0. The molecule has 0 N–H and O–H groups in total. The van der Waals surface area contributed by atoms with Gasteiger partial charge in [0.1, 0.15) is 0 Å². The number of benzene rings is 5. The molecular formula is C37H23N5. The molecule has 0 bridgehead atoms. The van der Waals surface area contributed by atoms with Gasteiger partial charge >= 0.3 is 0 Å². The Hall–Kier alpha value is -5.81. The van der Waals surface area contributed by atoms with E-state index in [4.69, 9.17) is 24.9 Å². The lowest BCUT2D eigenvalue weighted by Gasteiger charge is -2.12. The average molecular weight is 538 g/mol. The van der Waals surface area contributed by atoms with Crippen LogP contribution in [0.2, 0.25) is 0 Å². The second-order valence-electron chi connectivity index (χ2n) is 10.2. The highest BCUT2D eigenvalue weighted by molar-refractivity contribution is 6.20. The van der Waals surface area contributed by atoms with E-state index in [0.717, 1.165) is 55.1 Å². The van der Waals surface area contributed by atoms with Crippen molar-refractivity contribution in [2.24, 2.45) is 0 Å². The molecule has 0 saturated carbocycles. The third-order valence-corrected chi connectivity index (χ3v) is 7.55. The molecule has 8 rings (SSSR count). The summed E-state index contributed by atoms with van der Waals surface area (Å²) in [6.07, 6.45) is 1.94. The molecule has 0 saturated heterocycles. The van der Waals surface area contributed by atoms with Crippen molar-refractivity contribution >= 4 is 32.6 Å². The highest BCUT2D eigenvalue weighted by Crippen LogP contribution is 2.36. The number of rotatable bonds is 4. The molecule has 5 aromatic carbocycles. The average Bonchev–Trinajstić information content (AvgIpc) is 3.08. The molecule has 0 spiro atoms. The lowest BCUT2D eigenvalue weighted by molar-refractivity contribution is 1.07. The molecular weight excluding hydrogens is 514 g/mol. The first-order chi connectivity index (χ1) is 20.8. The fourth-order valence-corrected chi connectivity index (χ4v) is 5.49. The van der Waals surface area contributed by atoms with Crippen LogP contribution in [0, 0.1) is 0 Å². The smallest absolute Gasteiger partial charge is 0.164 e. The van der Waals surface area contributed by atoms with Crippen LogP contribution in [0.1, 0.15) is 0 Å². The van der Waals surface area contributed by atoms with E-state index in [1.807, 2.05) is 79.0 Å². The maximum absolute atomic E-state index is 5.09. The van der Waals surface area contributed by atoms with E-state index in [0.29, 0.717) is 17.5 Å². The predicted molar refractivity (Wildman–Crippen MR) is 170 cm³/mol. The maximum Gasteiger partial charge on any atom is 0.164 e. The van der Waals surface area contributed by atoms with Crippen molar-refractivity contribution in [2.45, 2.75) is 0 Å². The van der Waals surface area contributed by atoms with Crippen molar-refractivity contribution in [3.63, 3.8) is 0 Å². The molecule has 5 nitrogen and oxygen atoms in total. The Kier molecular flexibility index (Phi) is 5.71. The monoisotopic (exact) mass is 537 g/mol. The number of hydrogen-bond donors (Lipinski definition) is 0. The first kappa shape index (κ1) is 24.0. The third kappa shape index (κ3) is 4.16. The fraction of sp³-hybridized carbons (Fsp3) is 0. The SMILES string of the molecule is c1ccc(-c2nc(-c3ccccc3)nc(-c3ccc(-c4nc5ccccc5c5c4ncc4ccccc45)cc3)n2)cc1. The Morgan fingerprint density at radius 1 is 0.381 bits per heavy atom. The van der Waals surface area contributed by atoms with Gasteiger partial charge in [-0.15, -0.1) is 0 Å². The number of para-hydroxylation sites is 1. The molecule has 5 heteroatoms. The minimum atomic E-state index is 0.620. The van der Waals surface area contributed by atoms with E-state index in [1.54, 1.807) is 0 Å². The Balaban J connectivity index is 1.28. The zero-order chi connectivity index (χ0) is 27.9. The van der Waals surface area contributed by atoms with Crippen LogP contribution in [0.5, 0.6) is 0 Å². The van der Waals surface area contributed by atoms with E-state index in [-0.39, 0.29) is 0 Å². The number of aromatic nitrogens is 5. The minimum Gasteiger partial charge on any atom is -0.253 e. The van der Waals surface area contributed by atoms with Crippen molar-refractivity contribution in [3.05, 3.63) is 140 Å². The summed E-state index contributed by atoms with van der Waals surface area (Å²) in [5, 5.41) is 4.51. The molecule has 0 aliphatic rings. The zero-order valence-electron chi connectivity index (χ0n) is 22.5. The second-order valence-corrected chi connectivity index (χ2v) is 10.2. The van der Waals surface area contributed by atoms with Crippen LogP contribution in [0.25, 0.3) is 78.0 Å². The topological polar surface area (TPSA) is 64.5 Å². The molecule has 0 atom stereocenters. The van der Waals surface area contributed by atoms with E-state index in [1.165, 1.54) is 5.39 Å². The summed E-state index contributed by atoms with van der Waals surface area (Å²) in [5.41, 5.74) is 6.46. The summed E-state index contributed by atoms with van der Waals surface area (Å²) >= 11 is 0. The van der Waals surface area contributed by atoms with E-state index >= 15 is 0 Å². The highest BCUT2D eigenvalue weighted by Gasteiger charge is 2.16. The van der Waals surface area contributed by atoms with Crippen LogP contribution in [0.15, 0.2) is 140 Å². The van der Waals surface area contributed by atoms with Crippen LogP contribution in [0.3, 0.4) is 0 Å². The van der Waals surface area contributed by atoms with Crippen LogP contribution >= 0.6 is 0 Å². The molecule has 0 amide bonds. The van der Waals surface area contributed by atoms with E-state index in [2.05, 4.69) is 60.7 Å². The Bertz CT molecular complexity index is 2160. The van der Waals surface area contributed by atoms with E-state index < -0.39 is 0 Å². The second kappa shape index (κ2) is 9.98. The van der Waals surface area contributed by atoms with Gasteiger partial charge in [-0.05, 0) is 11.5 Å². The van der Waals surface area contributed by atoms with Gasteiger partial charge in [-0.2, -0.15) is 0 Å². The first-order valence-electron chi connectivity index (χ1n) is 13.9. The molecule has 0 aliphatic carbocycles. The minimum absolute atomic E-state index is 0.620. The summed E-state index contributed by atoms with van der Waals surface area (Å²) in [6.45, 7) is 0. The molecule has 196 valence electrons. The molecule has 42 heavy (non-hydrogen) atoms. The third-order valence-electron chi connectivity index (χ3n) is 7.55. The molecule has 0 radical (unpaired) electrons. The van der Waals surface area contributed by atoms with Gasteiger partial charge in [-0.1, -0.05) is 127 Å². The van der Waals surface area contributed by atoms with Crippen molar-refractivity contribution in [3.8, 4) is 45.4 Å². The fourth-order valence-electron chi connectivity index (χ4n) is 5.49. The van der Waals surface area contributed by atoms with Crippen molar-refractivity contribution < 1.29 is 0 Å². The molecule has 3 heterocycles. The van der Waals surface area contributed by atoms with Crippen molar-refractivity contribution in [2.75, 3.05) is 0 Å². The van der Waals surface area contributed by atoms with Crippen LogP contribution in [-0.4, -0.2) is 24.9 Å². The normalized spacial score (nSPS) is 11.3. The molecule has 0 aliphatic heterocycles. The lowest BCUT2D eigenvalue weighted by Crippen LogP contribution is -2.00. The Morgan fingerprint density at radius 3 is 1.52 bits per heavy atom. The maximum atomic E-state index is 5.09. The summed E-state index contributed by atoms with van der Waals surface area (Å²) in [5.74, 6) is 1.90. The largest absolute Gasteiger partial charge is 0.253 e. The predicted octanol–water partition coefficient (Wildman–Crippen LogP) is 8.79. The van der Waals surface area contributed by atoms with Crippen LogP contribution in [0.4, 0.5) is 0 Å². The quantitative estimate of drug-likeness (QED) is 0.210. The number of hydrogen-bond acceptors (Lipinski definition) is 5.